The van der Waals surface area contributed by atoms with Gasteiger partial charge in [-0.2, -0.15) is 0 Å². The van der Waals surface area contributed by atoms with E-state index in [1.54, 1.807) is 6.26 Å². The minimum Gasteiger partial charge on any atom is -0.293 e. The van der Waals surface area contributed by atoms with Crippen molar-refractivity contribution < 1.29 is 9.00 Å². The lowest BCUT2D eigenvalue weighted by Gasteiger charge is -2.03. The Labute approximate surface area is 92.2 Å². The van der Waals surface area contributed by atoms with Crippen molar-refractivity contribution in [2.45, 2.75) is 19.3 Å². The first kappa shape index (κ1) is 10.6. The molecule has 0 aliphatic heterocycles. The summed E-state index contributed by atoms with van der Waals surface area (Å²) in [6, 6.07) is 5.87. The molecule has 0 aromatic heterocycles. The van der Waals surface area contributed by atoms with Crippen LogP contribution in [0.25, 0.3) is 0 Å². The van der Waals surface area contributed by atoms with Gasteiger partial charge < -0.3 is 0 Å². The van der Waals surface area contributed by atoms with Gasteiger partial charge in [0.15, 0.2) is 5.78 Å². The molecule has 0 bridgehead atoms. The van der Waals surface area contributed by atoms with Gasteiger partial charge in [0.25, 0.3) is 0 Å². The first-order valence-electron chi connectivity index (χ1n) is 5.12. The average molecular weight is 222 g/mol. The maximum atomic E-state index is 11.7. The van der Waals surface area contributed by atoms with Crippen molar-refractivity contribution in [2.24, 2.45) is 0 Å². The number of carbonyl (C=O) groups is 1. The summed E-state index contributed by atoms with van der Waals surface area (Å²) in [7, 11) is -1.04. The Morgan fingerprint density at radius 1 is 1.33 bits per heavy atom. The molecule has 80 valence electrons. The second-order valence-corrected chi connectivity index (χ2v) is 5.41. The zero-order valence-corrected chi connectivity index (χ0v) is 9.60. The fourth-order valence-electron chi connectivity index (χ4n) is 2.01. The third kappa shape index (κ3) is 2.34. The topological polar surface area (TPSA) is 34.1 Å². The van der Waals surface area contributed by atoms with Gasteiger partial charge in [-0.3, -0.25) is 9.00 Å². The average Bonchev–Trinajstić information content (AvgIpc) is 2.62. The van der Waals surface area contributed by atoms with Gasteiger partial charge in [0.1, 0.15) is 0 Å². The second-order valence-electron chi connectivity index (χ2n) is 3.98. The Kier molecular flexibility index (Phi) is 3.00. The summed E-state index contributed by atoms with van der Waals surface area (Å²) in [5.41, 5.74) is 3.37. The molecule has 0 N–H and O–H groups in total. The summed E-state index contributed by atoms with van der Waals surface area (Å²) in [4.78, 5) is 11.7. The highest BCUT2D eigenvalue weighted by molar-refractivity contribution is 7.85. The van der Waals surface area contributed by atoms with E-state index in [9.17, 15) is 9.00 Å². The first-order valence-corrected chi connectivity index (χ1v) is 6.84. The fourth-order valence-corrected chi connectivity index (χ4v) is 2.55. The summed E-state index contributed by atoms with van der Waals surface area (Å²) in [5.74, 6) is 0.129. The predicted octanol–water partition coefficient (Wildman–Crippen LogP) is 1.74. The smallest absolute Gasteiger partial charge is 0.175 e. The van der Waals surface area contributed by atoms with Crippen molar-refractivity contribution >= 4 is 16.6 Å². The molecule has 0 spiro atoms. The van der Waals surface area contributed by atoms with Crippen molar-refractivity contribution in [1.82, 2.24) is 0 Å². The van der Waals surface area contributed by atoms with Crippen molar-refractivity contribution in [3.8, 4) is 0 Å². The van der Waals surface area contributed by atoms with E-state index in [1.165, 1.54) is 17.5 Å². The molecular weight excluding hydrogens is 208 g/mol. The van der Waals surface area contributed by atoms with Crippen LogP contribution in [0.3, 0.4) is 0 Å². The van der Waals surface area contributed by atoms with Crippen molar-refractivity contribution in [1.29, 1.82) is 0 Å². The molecule has 0 radical (unpaired) electrons. The van der Waals surface area contributed by atoms with Crippen LogP contribution in [-0.2, 0) is 23.6 Å². The number of hydrogen-bond acceptors (Lipinski definition) is 2. The molecule has 0 heterocycles. The van der Waals surface area contributed by atoms with Gasteiger partial charge in [0.05, 0.1) is 5.75 Å². The molecule has 3 heteroatoms. The normalized spacial score (nSPS) is 16.1. The minimum absolute atomic E-state index is 0.00877. The van der Waals surface area contributed by atoms with Gasteiger partial charge in [-0.1, -0.05) is 12.1 Å². The molecule has 2 nitrogen and oxygen atoms in total. The van der Waals surface area contributed by atoms with E-state index in [0.717, 1.165) is 12.8 Å². The molecule has 0 saturated heterocycles. The van der Waals surface area contributed by atoms with Crippen LogP contribution in [0.4, 0.5) is 0 Å². The monoisotopic (exact) mass is 222 g/mol. The van der Waals surface area contributed by atoms with Gasteiger partial charge in [-0.25, -0.2) is 0 Å². The number of carbonyl (C=O) groups excluding carboxylic acids is 1. The molecule has 2 rings (SSSR count). The second kappa shape index (κ2) is 4.27. The van der Waals surface area contributed by atoms with Crippen LogP contribution in [0.1, 0.15) is 27.9 Å². The summed E-state index contributed by atoms with van der Waals surface area (Å²) < 4.78 is 11.0. The quantitative estimate of drug-likeness (QED) is 0.730. The zero-order valence-electron chi connectivity index (χ0n) is 8.79. The highest BCUT2D eigenvalue weighted by atomic mass is 32.2. The molecule has 0 amide bonds. The van der Waals surface area contributed by atoms with E-state index in [1.807, 2.05) is 18.2 Å². The highest BCUT2D eigenvalue weighted by Crippen LogP contribution is 2.22. The number of aryl methyl sites for hydroxylation is 2. The predicted molar refractivity (Wildman–Crippen MR) is 61.7 cm³/mol. The molecule has 0 saturated carbocycles. The number of Topliss-reactive ketones (excluding diaryl/α,β-unsaturated/α-hetero) is 1. The van der Waals surface area contributed by atoms with Crippen molar-refractivity contribution in [2.75, 3.05) is 12.0 Å². The molecule has 1 aliphatic rings. The van der Waals surface area contributed by atoms with Crippen LogP contribution in [0.5, 0.6) is 0 Å². The summed E-state index contributed by atoms with van der Waals surface area (Å²) in [6.07, 6.45) is 4.95. The lowest BCUT2D eigenvalue weighted by molar-refractivity contribution is 0.102. The third-order valence-corrected chi connectivity index (χ3v) is 3.42. The van der Waals surface area contributed by atoms with Crippen LogP contribution >= 0.6 is 0 Å². The summed E-state index contributed by atoms with van der Waals surface area (Å²) in [5, 5.41) is 0. The summed E-state index contributed by atoms with van der Waals surface area (Å²) >= 11 is 0. The molecule has 1 aromatic carbocycles. The Hall–Kier alpha value is -0.960. The van der Waals surface area contributed by atoms with E-state index in [0.29, 0.717) is 5.56 Å². The number of hydrogen-bond donors (Lipinski definition) is 0. The Balaban J connectivity index is 2.23. The standard InChI is InChI=1S/C12H14O2S/c1-15(14)8-12(13)11-6-5-9-3-2-4-10(9)7-11/h5-7H,2-4,8H2,1H3. The largest absolute Gasteiger partial charge is 0.293 e. The van der Waals surface area contributed by atoms with E-state index >= 15 is 0 Å². The molecule has 1 aromatic rings. The van der Waals surface area contributed by atoms with E-state index in [2.05, 4.69) is 0 Å². The van der Waals surface area contributed by atoms with E-state index in [4.69, 9.17) is 0 Å². The number of ketones is 1. The molecular formula is C12H14O2S. The molecule has 1 unspecified atom stereocenters. The van der Waals surface area contributed by atoms with E-state index in [-0.39, 0.29) is 11.5 Å². The molecule has 15 heavy (non-hydrogen) atoms. The number of benzene rings is 1. The zero-order chi connectivity index (χ0) is 10.8. The molecule has 1 atom stereocenters. The van der Waals surface area contributed by atoms with Crippen molar-refractivity contribution in [3.63, 3.8) is 0 Å². The van der Waals surface area contributed by atoms with Crippen LogP contribution in [-0.4, -0.2) is 22.0 Å². The number of rotatable bonds is 3. The lowest BCUT2D eigenvalue weighted by atomic mass is 10.0. The lowest BCUT2D eigenvalue weighted by Crippen LogP contribution is -2.09. The van der Waals surface area contributed by atoms with Gasteiger partial charge in [-0.15, -0.1) is 0 Å². The maximum absolute atomic E-state index is 11.7. The van der Waals surface area contributed by atoms with Crippen LogP contribution in [0.15, 0.2) is 18.2 Å². The maximum Gasteiger partial charge on any atom is 0.175 e. The Bertz CT molecular complexity index is 424. The SMILES string of the molecule is CS(=O)CC(=O)c1ccc2c(c1)CCC2. The Morgan fingerprint density at radius 3 is 2.80 bits per heavy atom. The fraction of sp³-hybridized carbons (Fsp3) is 0.417. The van der Waals surface area contributed by atoms with Gasteiger partial charge in [-0.05, 0) is 36.5 Å². The van der Waals surface area contributed by atoms with Crippen LogP contribution < -0.4 is 0 Å². The summed E-state index contributed by atoms with van der Waals surface area (Å²) in [6.45, 7) is 0. The molecule has 1 aliphatic carbocycles. The van der Waals surface area contributed by atoms with Gasteiger partial charge in [0.2, 0.25) is 0 Å². The van der Waals surface area contributed by atoms with Gasteiger partial charge in [0, 0.05) is 22.6 Å². The van der Waals surface area contributed by atoms with Crippen LogP contribution in [0.2, 0.25) is 0 Å². The third-order valence-electron chi connectivity index (χ3n) is 2.75. The van der Waals surface area contributed by atoms with E-state index < -0.39 is 10.8 Å². The number of fused-ring (bicyclic) bond motifs is 1. The van der Waals surface area contributed by atoms with Crippen molar-refractivity contribution in [3.05, 3.63) is 34.9 Å². The highest BCUT2D eigenvalue weighted by Gasteiger charge is 2.14. The minimum atomic E-state index is -1.04. The van der Waals surface area contributed by atoms with Gasteiger partial charge >= 0.3 is 0 Å². The molecule has 0 fully saturated rings. The Morgan fingerprint density at radius 2 is 2.07 bits per heavy atom. The first-order chi connectivity index (χ1) is 7.16. The van der Waals surface area contributed by atoms with Crippen LogP contribution in [0, 0.1) is 0 Å².